The van der Waals surface area contributed by atoms with Gasteiger partial charge in [-0.1, -0.05) is 35.9 Å². The Hall–Kier alpha value is -2.49. The van der Waals surface area contributed by atoms with Gasteiger partial charge in [-0.15, -0.1) is 0 Å². The van der Waals surface area contributed by atoms with Crippen LogP contribution in [-0.2, 0) is 17.8 Å². The summed E-state index contributed by atoms with van der Waals surface area (Å²) in [5.74, 6) is 1.34. The molecule has 0 aromatic heterocycles. The third-order valence-corrected chi connectivity index (χ3v) is 3.38. The predicted octanol–water partition coefficient (Wildman–Crippen LogP) is 2.87. The molecular formula is C18H21NO3. The van der Waals surface area contributed by atoms with Gasteiger partial charge in [0.15, 0.2) is 11.5 Å². The number of hydrogen-bond donors (Lipinski definition) is 1. The predicted molar refractivity (Wildman–Crippen MR) is 86.3 cm³/mol. The van der Waals surface area contributed by atoms with Gasteiger partial charge in [0.25, 0.3) is 0 Å². The van der Waals surface area contributed by atoms with E-state index in [0.717, 1.165) is 16.7 Å². The number of ether oxygens (including phenoxy) is 2. The van der Waals surface area contributed by atoms with Gasteiger partial charge in [0, 0.05) is 6.54 Å². The molecule has 0 aliphatic heterocycles. The Balaban J connectivity index is 1.93. The van der Waals surface area contributed by atoms with E-state index >= 15 is 0 Å². The highest BCUT2D eigenvalue weighted by Gasteiger charge is 2.07. The van der Waals surface area contributed by atoms with Crippen LogP contribution in [0.2, 0.25) is 0 Å². The number of aryl methyl sites for hydroxylation is 1. The third kappa shape index (κ3) is 4.25. The van der Waals surface area contributed by atoms with Gasteiger partial charge < -0.3 is 14.8 Å². The molecule has 0 spiro atoms. The van der Waals surface area contributed by atoms with E-state index < -0.39 is 0 Å². The molecule has 0 bridgehead atoms. The van der Waals surface area contributed by atoms with Crippen LogP contribution >= 0.6 is 0 Å². The summed E-state index contributed by atoms with van der Waals surface area (Å²) in [7, 11) is 3.19. The van der Waals surface area contributed by atoms with Crippen LogP contribution in [0.3, 0.4) is 0 Å². The summed E-state index contributed by atoms with van der Waals surface area (Å²) in [6, 6.07) is 13.6. The van der Waals surface area contributed by atoms with Crippen molar-refractivity contribution in [3.63, 3.8) is 0 Å². The fraction of sp³-hybridized carbons (Fsp3) is 0.278. The lowest BCUT2D eigenvalue weighted by Gasteiger charge is -2.10. The van der Waals surface area contributed by atoms with Crippen molar-refractivity contribution in [3.8, 4) is 11.5 Å². The minimum absolute atomic E-state index is 0.000356. The van der Waals surface area contributed by atoms with Crippen molar-refractivity contribution in [2.45, 2.75) is 19.9 Å². The van der Waals surface area contributed by atoms with E-state index in [1.165, 1.54) is 0 Å². The molecule has 0 saturated heterocycles. The molecule has 2 aromatic rings. The number of benzene rings is 2. The molecule has 4 nitrogen and oxygen atoms in total. The molecule has 0 fully saturated rings. The Morgan fingerprint density at radius 2 is 1.77 bits per heavy atom. The van der Waals surface area contributed by atoms with Crippen molar-refractivity contribution in [1.29, 1.82) is 0 Å². The number of carbonyl (C=O) groups is 1. The Morgan fingerprint density at radius 3 is 2.45 bits per heavy atom. The fourth-order valence-electron chi connectivity index (χ4n) is 2.26. The van der Waals surface area contributed by atoms with Crippen LogP contribution in [0, 0.1) is 6.92 Å². The SMILES string of the molecule is COc1ccc(CNC(=O)Cc2cccc(C)c2)cc1OC. The standard InChI is InChI=1S/C18H21NO3/c1-13-5-4-6-14(9-13)11-18(20)19-12-15-7-8-16(21-2)17(10-15)22-3/h4-10H,11-12H2,1-3H3,(H,19,20). The van der Waals surface area contributed by atoms with Crippen molar-refractivity contribution in [3.05, 3.63) is 59.2 Å². The van der Waals surface area contributed by atoms with E-state index in [-0.39, 0.29) is 5.91 Å². The quantitative estimate of drug-likeness (QED) is 0.892. The molecule has 2 rings (SSSR count). The second-order valence-corrected chi connectivity index (χ2v) is 5.13. The molecule has 116 valence electrons. The first kappa shape index (κ1) is 15.9. The highest BCUT2D eigenvalue weighted by atomic mass is 16.5. The largest absolute Gasteiger partial charge is 0.493 e. The smallest absolute Gasteiger partial charge is 0.224 e. The molecule has 1 amide bonds. The molecule has 22 heavy (non-hydrogen) atoms. The number of hydrogen-bond acceptors (Lipinski definition) is 3. The van der Waals surface area contributed by atoms with Gasteiger partial charge in [0.2, 0.25) is 5.91 Å². The minimum atomic E-state index is 0.000356. The van der Waals surface area contributed by atoms with Crippen molar-refractivity contribution >= 4 is 5.91 Å². The monoisotopic (exact) mass is 299 g/mol. The van der Waals surface area contributed by atoms with Gasteiger partial charge in [-0.05, 0) is 30.2 Å². The fourth-order valence-corrected chi connectivity index (χ4v) is 2.26. The van der Waals surface area contributed by atoms with E-state index in [1.807, 2.05) is 49.4 Å². The first-order valence-electron chi connectivity index (χ1n) is 7.15. The van der Waals surface area contributed by atoms with E-state index in [9.17, 15) is 4.79 Å². The maximum Gasteiger partial charge on any atom is 0.224 e. The zero-order valence-corrected chi connectivity index (χ0v) is 13.2. The molecule has 0 unspecified atom stereocenters. The van der Waals surface area contributed by atoms with E-state index in [2.05, 4.69) is 5.32 Å². The summed E-state index contributed by atoms with van der Waals surface area (Å²) >= 11 is 0. The number of carbonyl (C=O) groups excluding carboxylic acids is 1. The van der Waals surface area contributed by atoms with Crippen LogP contribution < -0.4 is 14.8 Å². The summed E-state index contributed by atoms with van der Waals surface area (Å²) in [6.07, 6.45) is 0.384. The van der Waals surface area contributed by atoms with Crippen LogP contribution in [0.1, 0.15) is 16.7 Å². The Labute approximate surface area is 131 Å². The van der Waals surface area contributed by atoms with Crippen LogP contribution in [0.25, 0.3) is 0 Å². The van der Waals surface area contributed by atoms with Crippen LogP contribution in [0.4, 0.5) is 0 Å². The summed E-state index contributed by atoms with van der Waals surface area (Å²) in [4.78, 5) is 12.0. The zero-order valence-electron chi connectivity index (χ0n) is 13.2. The van der Waals surface area contributed by atoms with Gasteiger partial charge in [-0.2, -0.15) is 0 Å². The highest BCUT2D eigenvalue weighted by molar-refractivity contribution is 5.78. The molecule has 2 aromatic carbocycles. The molecule has 0 atom stereocenters. The van der Waals surface area contributed by atoms with Crippen molar-refractivity contribution in [2.75, 3.05) is 14.2 Å². The first-order valence-corrected chi connectivity index (χ1v) is 7.15. The maximum absolute atomic E-state index is 12.0. The third-order valence-electron chi connectivity index (χ3n) is 3.38. The van der Waals surface area contributed by atoms with E-state index in [0.29, 0.717) is 24.5 Å². The lowest BCUT2D eigenvalue weighted by molar-refractivity contribution is -0.120. The molecular weight excluding hydrogens is 278 g/mol. The van der Waals surface area contributed by atoms with Gasteiger partial charge in [0.05, 0.1) is 20.6 Å². The molecule has 4 heteroatoms. The molecule has 0 saturated carbocycles. The van der Waals surface area contributed by atoms with Crippen molar-refractivity contribution in [1.82, 2.24) is 5.32 Å². The molecule has 0 heterocycles. The summed E-state index contributed by atoms with van der Waals surface area (Å²) < 4.78 is 10.4. The zero-order chi connectivity index (χ0) is 15.9. The summed E-state index contributed by atoms with van der Waals surface area (Å²) in [5, 5.41) is 2.92. The van der Waals surface area contributed by atoms with Crippen LogP contribution in [-0.4, -0.2) is 20.1 Å². The maximum atomic E-state index is 12.0. The van der Waals surface area contributed by atoms with Gasteiger partial charge >= 0.3 is 0 Å². The lowest BCUT2D eigenvalue weighted by Crippen LogP contribution is -2.24. The Bertz CT molecular complexity index is 653. The second kappa shape index (κ2) is 7.50. The minimum Gasteiger partial charge on any atom is -0.493 e. The average molecular weight is 299 g/mol. The molecule has 0 aliphatic carbocycles. The topological polar surface area (TPSA) is 47.6 Å². The second-order valence-electron chi connectivity index (χ2n) is 5.13. The summed E-state index contributed by atoms with van der Waals surface area (Å²) in [6.45, 7) is 2.48. The van der Waals surface area contributed by atoms with Crippen molar-refractivity contribution < 1.29 is 14.3 Å². The van der Waals surface area contributed by atoms with Crippen LogP contribution in [0.5, 0.6) is 11.5 Å². The number of methoxy groups -OCH3 is 2. The van der Waals surface area contributed by atoms with Gasteiger partial charge in [0.1, 0.15) is 0 Å². The van der Waals surface area contributed by atoms with Gasteiger partial charge in [-0.3, -0.25) is 4.79 Å². The highest BCUT2D eigenvalue weighted by Crippen LogP contribution is 2.27. The molecule has 0 radical (unpaired) electrons. The van der Waals surface area contributed by atoms with Gasteiger partial charge in [-0.25, -0.2) is 0 Å². The first-order chi connectivity index (χ1) is 10.6. The lowest BCUT2D eigenvalue weighted by atomic mass is 10.1. The van der Waals surface area contributed by atoms with Crippen LogP contribution in [0.15, 0.2) is 42.5 Å². The van der Waals surface area contributed by atoms with E-state index in [4.69, 9.17) is 9.47 Å². The molecule has 0 aliphatic rings. The summed E-state index contributed by atoms with van der Waals surface area (Å²) in [5.41, 5.74) is 3.14. The van der Waals surface area contributed by atoms with Crippen molar-refractivity contribution in [2.24, 2.45) is 0 Å². The number of amides is 1. The Morgan fingerprint density at radius 1 is 1.00 bits per heavy atom. The van der Waals surface area contributed by atoms with E-state index in [1.54, 1.807) is 14.2 Å². The number of nitrogens with one attached hydrogen (secondary N) is 1. The number of rotatable bonds is 6. The molecule has 1 N–H and O–H groups in total. The Kier molecular flexibility index (Phi) is 5.42. The normalized spacial score (nSPS) is 10.1. The average Bonchev–Trinajstić information content (AvgIpc) is 2.52.